The number of benzene rings is 1. The van der Waals surface area contributed by atoms with E-state index in [4.69, 9.17) is 4.74 Å². The molecule has 2 unspecified atom stereocenters. The molecule has 5 nitrogen and oxygen atoms in total. The molecular weight excluding hydrogens is 318 g/mol. The first kappa shape index (κ1) is 19.0. The van der Waals surface area contributed by atoms with Gasteiger partial charge in [-0.1, -0.05) is 58.0 Å². The fraction of sp³-hybridized carbons (Fsp3) is 0.500. The van der Waals surface area contributed by atoms with Gasteiger partial charge in [0.2, 0.25) is 0 Å². The standard InChI is InChI=1S/C20H27NO4/c1-6-15-16(17(22)25-12-14-10-8-7-9-11-14)13(2)21-20(15,18(23)24)19(3,4)5/h7-11,15,21H,6,12H2,1-5H3,(H,23,24). The van der Waals surface area contributed by atoms with Crippen LogP contribution in [-0.2, 0) is 20.9 Å². The van der Waals surface area contributed by atoms with Gasteiger partial charge in [-0.15, -0.1) is 0 Å². The van der Waals surface area contributed by atoms with Crippen LogP contribution in [0.4, 0.5) is 0 Å². The summed E-state index contributed by atoms with van der Waals surface area (Å²) in [6, 6.07) is 9.44. The van der Waals surface area contributed by atoms with E-state index in [-0.39, 0.29) is 6.61 Å². The van der Waals surface area contributed by atoms with Crippen molar-refractivity contribution in [1.29, 1.82) is 0 Å². The van der Waals surface area contributed by atoms with Crippen molar-refractivity contribution in [2.75, 3.05) is 0 Å². The van der Waals surface area contributed by atoms with Crippen LogP contribution in [0.5, 0.6) is 0 Å². The van der Waals surface area contributed by atoms with Crippen LogP contribution >= 0.6 is 0 Å². The average Bonchev–Trinajstić information content (AvgIpc) is 2.87. The van der Waals surface area contributed by atoms with Crippen LogP contribution in [-0.4, -0.2) is 22.6 Å². The smallest absolute Gasteiger partial charge is 0.336 e. The summed E-state index contributed by atoms with van der Waals surface area (Å²) in [7, 11) is 0. The van der Waals surface area contributed by atoms with Gasteiger partial charge in [-0.25, -0.2) is 9.59 Å². The van der Waals surface area contributed by atoms with Crippen molar-refractivity contribution in [3.63, 3.8) is 0 Å². The molecule has 0 fully saturated rings. The number of nitrogens with one attached hydrogen (secondary N) is 1. The Kier molecular flexibility index (Phi) is 5.26. The zero-order valence-corrected chi connectivity index (χ0v) is 15.6. The van der Waals surface area contributed by atoms with Gasteiger partial charge in [0, 0.05) is 11.6 Å². The molecule has 1 heterocycles. The zero-order chi connectivity index (χ0) is 18.8. The molecule has 0 saturated heterocycles. The number of carboxylic acids is 1. The molecule has 1 aromatic carbocycles. The number of hydrogen-bond donors (Lipinski definition) is 2. The van der Waals surface area contributed by atoms with Crippen LogP contribution in [0.2, 0.25) is 0 Å². The topological polar surface area (TPSA) is 75.6 Å². The van der Waals surface area contributed by atoms with Crippen LogP contribution in [0.15, 0.2) is 41.6 Å². The predicted molar refractivity (Wildman–Crippen MR) is 95.7 cm³/mol. The molecule has 0 spiro atoms. The molecule has 1 aromatic rings. The minimum absolute atomic E-state index is 0.169. The first-order valence-corrected chi connectivity index (χ1v) is 8.58. The molecule has 2 rings (SSSR count). The molecule has 0 amide bonds. The van der Waals surface area contributed by atoms with E-state index in [1.54, 1.807) is 6.92 Å². The van der Waals surface area contributed by atoms with E-state index in [0.29, 0.717) is 17.7 Å². The Morgan fingerprint density at radius 2 is 1.84 bits per heavy atom. The Morgan fingerprint density at radius 3 is 2.32 bits per heavy atom. The average molecular weight is 345 g/mol. The van der Waals surface area contributed by atoms with Gasteiger partial charge in [-0.2, -0.15) is 0 Å². The summed E-state index contributed by atoms with van der Waals surface area (Å²) in [6.45, 7) is 9.45. The van der Waals surface area contributed by atoms with Crippen LogP contribution in [0.3, 0.4) is 0 Å². The van der Waals surface area contributed by atoms with Gasteiger partial charge < -0.3 is 15.2 Å². The number of carbonyl (C=O) groups is 2. The molecule has 5 heteroatoms. The first-order valence-electron chi connectivity index (χ1n) is 8.58. The van der Waals surface area contributed by atoms with E-state index in [9.17, 15) is 14.7 Å². The van der Waals surface area contributed by atoms with Crippen LogP contribution in [0.25, 0.3) is 0 Å². The number of carboxylic acid groups (broad SMARTS) is 1. The second kappa shape index (κ2) is 6.90. The molecule has 0 saturated carbocycles. The predicted octanol–water partition coefficient (Wildman–Crippen LogP) is 3.50. The Balaban J connectivity index is 2.29. The van der Waals surface area contributed by atoms with Crippen LogP contribution < -0.4 is 5.32 Å². The quantitative estimate of drug-likeness (QED) is 0.799. The van der Waals surface area contributed by atoms with Crippen LogP contribution in [0, 0.1) is 11.3 Å². The molecule has 1 aliphatic rings. The number of rotatable bonds is 5. The highest BCUT2D eigenvalue weighted by molar-refractivity contribution is 5.95. The van der Waals surface area contributed by atoms with Crippen molar-refractivity contribution in [3.8, 4) is 0 Å². The first-order chi connectivity index (χ1) is 11.6. The second-order valence-electron chi connectivity index (χ2n) is 7.55. The Morgan fingerprint density at radius 1 is 1.24 bits per heavy atom. The zero-order valence-electron chi connectivity index (χ0n) is 15.6. The maximum atomic E-state index is 12.7. The summed E-state index contributed by atoms with van der Waals surface area (Å²) in [4.78, 5) is 24.9. The highest BCUT2D eigenvalue weighted by atomic mass is 16.5. The normalized spacial score (nSPS) is 23.3. The van der Waals surface area contributed by atoms with Crippen molar-refractivity contribution >= 4 is 11.9 Å². The van der Waals surface area contributed by atoms with Gasteiger partial charge >= 0.3 is 11.9 Å². The fourth-order valence-electron chi connectivity index (χ4n) is 3.77. The van der Waals surface area contributed by atoms with E-state index < -0.39 is 28.8 Å². The molecule has 0 aromatic heterocycles. The number of allylic oxidation sites excluding steroid dienone is 1. The van der Waals surface area contributed by atoms with Crippen molar-refractivity contribution < 1.29 is 19.4 Å². The maximum Gasteiger partial charge on any atom is 0.336 e. The van der Waals surface area contributed by atoms with Gasteiger partial charge in [-0.3, -0.25) is 0 Å². The highest BCUT2D eigenvalue weighted by Gasteiger charge is 2.59. The third-order valence-electron chi connectivity index (χ3n) is 5.02. The lowest BCUT2D eigenvalue weighted by molar-refractivity contribution is -0.152. The van der Waals surface area contributed by atoms with Gasteiger partial charge in [0.15, 0.2) is 0 Å². The lowest BCUT2D eigenvalue weighted by Gasteiger charge is -2.43. The highest BCUT2D eigenvalue weighted by Crippen LogP contribution is 2.47. The Hall–Kier alpha value is -2.30. The van der Waals surface area contributed by atoms with E-state index >= 15 is 0 Å². The largest absolute Gasteiger partial charge is 0.479 e. The third kappa shape index (κ3) is 3.28. The van der Waals surface area contributed by atoms with Gasteiger partial charge in [0.25, 0.3) is 0 Å². The van der Waals surface area contributed by atoms with Crippen molar-refractivity contribution in [2.24, 2.45) is 11.3 Å². The molecule has 2 atom stereocenters. The molecule has 25 heavy (non-hydrogen) atoms. The van der Waals surface area contributed by atoms with Gasteiger partial charge in [-0.05, 0) is 24.3 Å². The van der Waals surface area contributed by atoms with Crippen molar-refractivity contribution in [3.05, 3.63) is 47.2 Å². The van der Waals surface area contributed by atoms with Crippen molar-refractivity contribution in [1.82, 2.24) is 5.32 Å². The van der Waals surface area contributed by atoms with Gasteiger partial charge in [0.05, 0.1) is 5.57 Å². The fourth-order valence-corrected chi connectivity index (χ4v) is 3.77. The Labute approximate surface area is 149 Å². The van der Waals surface area contributed by atoms with E-state index in [0.717, 1.165) is 5.56 Å². The van der Waals surface area contributed by atoms with E-state index in [2.05, 4.69) is 5.32 Å². The lowest BCUT2D eigenvalue weighted by atomic mass is 9.65. The lowest BCUT2D eigenvalue weighted by Crippen LogP contribution is -2.61. The SMILES string of the molecule is CCC1C(C(=O)OCc2ccccc2)=C(C)NC1(C(=O)O)C(C)(C)C. The number of esters is 1. The minimum atomic E-state index is -1.23. The molecular formula is C20H27NO4. The summed E-state index contributed by atoms with van der Waals surface area (Å²) < 4.78 is 5.47. The number of ether oxygens (including phenoxy) is 1. The second-order valence-corrected chi connectivity index (χ2v) is 7.55. The summed E-state index contributed by atoms with van der Waals surface area (Å²) in [5, 5.41) is 13.1. The van der Waals surface area contributed by atoms with Gasteiger partial charge in [0.1, 0.15) is 12.1 Å². The third-order valence-corrected chi connectivity index (χ3v) is 5.02. The Bertz CT molecular complexity index is 687. The molecule has 0 radical (unpaired) electrons. The monoisotopic (exact) mass is 345 g/mol. The minimum Gasteiger partial charge on any atom is -0.479 e. The van der Waals surface area contributed by atoms with Crippen molar-refractivity contribution in [2.45, 2.75) is 53.2 Å². The summed E-state index contributed by atoms with van der Waals surface area (Å²) in [6.07, 6.45) is 0.531. The summed E-state index contributed by atoms with van der Waals surface area (Å²) >= 11 is 0. The molecule has 0 bridgehead atoms. The summed E-state index contributed by atoms with van der Waals surface area (Å²) in [5.74, 6) is -1.85. The molecule has 136 valence electrons. The molecule has 2 N–H and O–H groups in total. The summed E-state index contributed by atoms with van der Waals surface area (Å²) in [5.41, 5.74) is 0.112. The molecule has 0 aliphatic carbocycles. The van der Waals surface area contributed by atoms with E-state index in [1.165, 1.54) is 0 Å². The maximum absolute atomic E-state index is 12.7. The van der Waals surface area contributed by atoms with Crippen LogP contribution in [0.1, 0.15) is 46.6 Å². The number of aliphatic carboxylic acids is 1. The van der Waals surface area contributed by atoms with E-state index in [1.807, 2.05) is 58.0 Å². The number of hydrogen-bond acceptors (Lipinski definition) is 4. The molecule has 1 aliphatic heterocycles. The number of carbonyl (C=O) groups excluding carboxylic acids is 1.